The Bertz CT molecular complexity index is 984. The number of fused-ring (bicyclic) bond motifs is 2. The number of benzene rings is 2. The van der Waals surface area contributed by atoms with Gasteiger partial charge in [-0.3, -0.25) is 4.79 Å². The van der Waals surface area contributed by atoms with E-state index in [2.05, 4.69) is 13.2 Å². The average Bonchev–Trinajstić information content (AvgIpc) is 2.58. The van der Waals surface area contributed by atoms with Gasteiger partial charge in [0.15, 0.2) is 11.3 Å². The molecule has 0 amide bonds. The van der Waals surface area contributed by atoms with E-state index in [9.17, 15) is 9.90 Å². The monoisotopic (exact) mass is 324 g/mol. The third-order valence-corrected chi connectivity index (χ3v) is 3.47. The van der Waals surface area contributed by atoms with Crippen LogP contribution in [0.15, 0.2) is 64.9 Å². The highest BCUT2D eigenvalue weighted by Gasteiger charge is 2.18. The van der Waals surface area contributed by atoms with Crippen molar-refractivity contribution in [2.24, 2.45) is 0 Å². The van der Waals surface area contributed by atoms with E-state index in [0.717, 1.165) is 0 Å². The van der Waals surface area contributed by atoms with Crippen LogP contribution in [0, 0.1) is 0 Å². The summed E-state index contributed by atoms with van der Waals surface area (Å²) < 4.78 is 17.1. The molecule has 1 heterocycles. The SMILES string of the molecule is C=CCOc1ccc2c(=O)c3c(O)cccc3oc2c1OCC=C. The molecule has 0 aliphatic heterocycles. The maximum Gasteiger partial charge on any atom is 0.205 e. The van der Waals surface area contributed by atoms with E-state index in [0.29, 0.717) is 16.9 Å². The minimum atomic E-state index is -0.330. The maximum atomic E-state index is 12.7. The number of hydrogen-bond donors (Lipinski definition) is 1. The van der Waals surface area contributed by atoms with Crippen molar-refractivity contribution in [2.45, 2.75) is 0 Å². The molecule has 5 nitrogen and oxygen atoms in total. The second kappa shape index (κ2) is 6.50. The van der Waals surface area contributed by atoms with Gasteiger partial charge in [-0.05, 0) is 24.3 Å². The van der Waals surface area contributed by atoms with Crippen molar-refractivity contribution in [1.29, 1.82) is 0 Å². The molecule has 24 heavy (non-hydrogen) atoms. The van der Waals surface area contributed by atoms with Gasteiger partial charge in [-0.1, -0.05) is 31.4 Å². The van der Waals surface area contributed by atoms with Crippen LogP contribution >= 0.6 is 0 Å². The molecule has 0 unspecified atom stereocenters. The Hall–Kier alpha value is -3.21. The summed E-state index contributed by atoms with van der Waals surface area (Å²) in [5, 5.41) is 10.4. The topological polar surface area (TPSA) is 68.9 Å². The van der Waals surface area contributed by atoms with E-state index >= 15 is 0 Å². The molecule has 0 saturated heterocycles. The summed E-state index contributed by atoms with van der Waals surface area (Å²) in [7, 11) is 0. The number of ether oxygens (including phenoxy) is 2. The Morgan fingerprint density at radius 3 is 2.58 bits per heavy atom. The molecular formula is C19H16O5. The number of hydrogen-bond acceptors (Lipinski definition) is 5. The minimum Gasteiger partial charge on any atom is -0.507 e. The predicted molar refractivity (Wildman–Crippen MR) is 93.0 cm³/mol. The summed E-state index contributed by atoms with van der Waals surface area (Å²) in [6.45, 7) is 7.74. The van der Waals surface area contributed by atoms with Crippen LogP contribution in [-0.4, -0.2) is 18.3 Å². The van der Waals surface area contributed by atoms with Crippen LogP contribution in [0.2, 0.25) is 0 Å². The lowest BCUT2D eigenvalue weighted by Crippen LogP contribution is -2.06. The Kier molecular flexibility index (Phi) is 4.24. The van der Waals surface area contributed by atoms with Crippen LogP contribution in [0.3, 0.4) is 0 Å². The number of phenolic OH excluding ortho intramolecular Hbond substituents is 1. The zero-order valence-electron chi connectivity index (χ0n) is 13.0. The van der Waals surface area contributed by atoms with Gasteiger partial charge in [0.1, 0.15) is 29.9 Å². The second-order valence-electron chi connectivity index (χ2n) is 5.05. The zero-order valence-corrected chi connectivity index (χ0v) is 13.0. The van der Waals surface area contributed by atoms with E-state index in [4.69, 9.17) is 13.9 Å². The summed E-state index contributed by atoms with van der Waals surface area (Å²) >= 11 is 0. The predicted octanol–water partition coefficient (Wildman–Crippen LogP) is 3.78. The molecule has 122 valence electrons. The van der Waals surface area contributed by atoms with Crippen LogP contribution < -0.4 is 14.9 Å². The van der Waals surface area contributed by atoms with Crippen LogP contribution in [0.4, 0.5) is 0 Å². The first-order chi connectivity index (χ1) is 11.7. The third kappa shape index (κ3) is 2.60. The van der Waals surface area contributed by atoms with Crippen LogP contribution in [0.1, 0.15) is 0 Å². The molecular weight excluding hydrogens is 308 g/mol. The fraction of sp³-hybridized carbons (Fsp3) is 0.105. The largest absolute Gasteiger partial charge is 0.507 e. The van der Waals surface area contributed by atoms with Crippen molar-refractivity contribution in [1.82, 2.24) is 0 Å². The molecule has 0 bridgehead atoms. The first-order valence-corrected chi connectivity index (χ1v) is 7.36. The molecule has 5 heteroatoms. The molecule has 0 aliphatic rings. The molecule has 0 radical (unpaired) electrons. The molecule has 0 atom stereocenters. The normalized spacial score (nSPS) is 10.7. The Balaban J connectivity index is 2.34. The first-order valence-electron chi connectivity index (χ1n) is 7.36. The standard InChI is InChI=1S/C19H16O5/c1-3-10-22-15-9-8-12-17(21)16-13(20)6-5-7-14(16)24-18(12)19(15)23-11-4-2/h3-9,20H,1-2,10-11H2. The summed E-state index contributed by atoms with van der Waals surface area (Å²) in [5.41, 5.74) is 0.210. The second-order valence-corrected chi connectivity index (χ2v) is 5.05. The zero-order chi connectivity index (χ0) is 17.1. The van der Waals surface area contributed by atoms with Crippen molar-refractivity contribution < 1.29 is 19.0 Å². The molecule has 0 aliphatic carbocycles. The van der Waals surface area contributed by atoms with Gasteiger partial charge in [0.25, 0.3) is 0 Å². The van der Waals surface area contributed by atoms with E-state index in [1.165, 1.54) is 6.07 Å². The first kappa shape index (κ1) is 15.7. The van der Waals surface area contributed by atoms with E-state index < -0.39 is 0 Å². The van der Waals surface area contributed by atoms with Gasteiger partial charge < -0.3 is 19.0 Å². The third-order valence-electron chi connectivity index (χ3n) is 3.47. The fourth-order valence-electron chi connectivity index (χ4n) is 2.44. The van der Waals surface area contributed by atoms with E-state index in [-0.39, 0.29) is 40.9 Å². The van der Waals surface area contributed by atoms with Gasteiger partial charge >= 0.3 is 0 Å². The van der Waals surface area contributed by atoms with Crippen LogP contribution in [-0.2, 0) is 0 Å². The molecule has 0 spiro atoms. The quantitative estimate of drug-likeness (QED) is 0.552. The van der Waals surface area contributed by atoms with Crippen molar-refractivity contribution in [3.05, 3.63) is 65.9 Å². The fourth-order valence-corrected chi connectivity index (χ4v) is 2.44. The molecule has 1 aromatic heterocycles. The molecule has 3 aromatic rings. The molecule has 3 rings (SSSR count). The lowest BCUT2D eigenvalue weighted by atomic mass is 10.1. The Labute approximate surface area is 138 Å². The maximum absolute atomic E-state index is 12.7. The van der Waals surface area contributed by atoms with Crippen molar-refractivity contribution >= 4 is 21.9 Å². The van der Waals surface area contributed by atoms with E-state index in [1.807, 2.05) is 0 Å². The highest BCUT2D eigenvalue weighted by molar-refractivity contribution is 5.96. The van der Waals surface area contributed by atoms with Gasteiger partial charge in [-0.2, -0.15) is 0 Å². The van der Waals surface area contributed by atoms with Crippen molar-refractivity contribution in [2.75, 3.05) is 13.2 Å². The highest BCUT2D eigenvalue weighted by Crippen LogP contribution is 2.37. The number of phenols is 1. The average molecular weight is 324 g/mol. The summed E-state index contributed by atoms with van der Waals surface area (Å²) in [6.07, 6.45) is 3.19. The van der Waals surface area contributed by atoms with Crippen molar-refractivity contribution in [3.63, 3.8) is 0 Å². The molecule has 0 fully saturated rings. The van der Waals surface area contributed by atoms with Gasteiger partial charge in [0.05, 0.1) is 5.39 Å². The van der Waals surface area contributed by atoms with Gasteiger partial charge in [-0.15, -0.1) is 0 Å². The molecule has 0 saturated carbocycles. The van der Waals surface area contributed by atoms with Crippen molar-refractivity contribution in [3.8, 4) is 17.2 Å². The lowest BCUT2D eigenvalue weighted by Gasteiger charge is -2.13. The number of rotatable bonds is 6. The Morgan fingerprint density at radius 1 is 1.08 bits per heavy atom. The summed E-state index contributed by atoms with van der Waals surface area (Å²) in [5.74, 6) is 0.632. The highest BCUT2D eigenvalue weighted by atomic mass is 16.5. The summed E-state index contributed by atoms with van der Waals surface area (Å²) in [4.78, 5) is 12.7. The lowest BCUT2D eigenvalue weighted by molar-refractivity contribution is 0.308. The smallest absolute Gasteiger partial charge is 0.205 e. The number of aromatic hydroxyl groups is 1. The molecule has 1 N–H and O–H groups in total. The van der Waals surface area contributed by atoms with Crippen LogP contribution in [0.5, 0.6) is 17.2 Å². The minimum absolute atomic E-state index is 0.122. The molecule has 2 aromatic carbocycles. The van der Waals surface area contributed by atoms with Gasteiger partial charge in [0.2, 0.25) is 11.2 Å². The van der Waals surface area contributed by atoms with E-state index in [1.54, 1.807) is 36.4 Å². The van der Waals surface area contributed by atoms with Gasteiger partial charge in [0, 0.05) is 0 Å². The van der Waals surface area contributed by atoms with Gasteiger partial charge in [-0.25, -0.2) is 0 Å². The van der Waals surface area contributed by atoms with Crippen LogP contribution in [0.25, 0.3) is 21.9 Å². The summed E-state index contributed by atoms with van der Waals surface area (Å²) in [6, 6.07) is 7.89. The Morgan fingerprint density at radius 2 is 1.83 bits per heavy atom.